The van der Waals surface area contributed by atoms with Crippen LogP contribution in [0.3, 0.4) is 0 Å². The second-order valence-electron chi connectivity index (χ2n) is 13.1. The predicted octanol–water partition coefficient (Wildman–Crippen LogP) is 5.01. The number of benzene rings is 1. The van der Waals surface area contributed by atoms with E-state index in [1.54, 1.807) is 6.07 Å². The van der Waals surface area contributed by atoms with Crippen molar-refractivity contribution in [1.29, 1.82) is 0 Å². The number of halogens is 7. The molecule has 0 unspecified atom stereocenters. The van der Waals surface area contributed by atoms with Gasteiger partial charge in [0.25, 0.3) is 5.92 Å². The summed E-state index contributed by atoms with van der Waals surface area (Å²) in [6, 6.07) is 7.44. The van der Waals surface area contributed by atoms with E-state index in [1.807, 2.05) is 0 Å². The van der Waals surface area contributed by atoms with E-state index in [9.17, 15) is 36.6 Å². The molecule has 0 radical (unpaired) electrons. The molecule has 1 saturated carbocycles. The molecule has 1 fully saturated rings. The highest BCUT2D eigenvalue weighted by atomic mass is 19.4. The van der Waals surface area contributed by atoms with Crippen LogP contribution in [0.1, 0.15) is 66.1 Å². The van der Waals surface area contributed by atoms with Crippen molar-refractivity contribution in [3.8, 4) is 23.0 Å². The van der Waals surface area contributed by atoms with Gasteiger partial charge in [0.15, 0.2) is 11.3 Å². The fourth-order valence-electron chi connectivity index (χ4n) is 6.49. The van der Waals surface area contributed by atoms with Gasteiger partial charge in [0.05, 0.1) is 11.7 Å². The Morgan fingerprint density at radius 2 is 1.86 bits per heavy atom. The third-order valence-electron chi connectivity index (χ3n) is 8.67. The highest BCUT2D eigenvalue weighted by Gasteiger charge is 2.68. The number of fused-ring (bicyclic) bond motifs is 4. The quantitative estimate of drug-likeness (QED) is 0.161. The van der Waals surface area contributed by atoms with Crippen LogP contribution in [0.2, 0.25) is 0 Å². The number of carbonyl (C=O) groups excluding carboxylic acids is 1. The molecule has 51 heavy (non-hydrogen) atoms. The van der Waals surface area contributed by atoms with Crippen LogP contribution in [-0.2, 0) is 29.9 Å². The van der Waals surface area contributed by atoms with Gasteiger partial charge in [0.1, 0.15) is 35.2 Å². The number of hydrogen-bond donors (Lipinski definition) is 3. The highest BCUT2D eigenvalue weighted by Crippen LogP contribution is 2.68. The van der Waals surface area contributed by atoms with Crippen molar-refractivity contribution in [2.24, 2.45) is 5.92 Å². The first kappa shape index (κ1) is 34.0. The number of carbonyl (C=O) groups is 1. The molecular formula is C34H26F7N7O3. The second-order valence-corrected chi connectivity index (χ2v) is 13.1. The Morgan fingerprint density at radius 1 is 1.14 bits per heavy atom. The van der Waals surface area contributed by atoms with Crippen LogP contribution in [0.15, 0.2) is 53.5 Å². The van der Waals surface area contributed by atoms with E-state index in [1.165, 1.54) is 42.6 Å². The van der Waals surface area contributed by atoms with Crippen molar-refractivity contribution in [2.75, 3.05) is 0 Å². The monoisotopic (exact) mass is 713 g/mol. The van der Waals surface area contributed by atoms with E-state index in [0.29, 0.717) is 16.3 Å². The zero-order valence-corrected chi connectivity index (χ0v) is 26.6. The Balaban J connectivity index is 1.33. The van der Waals surface area contributed by atoms with E-state index in [4.69, 9.17) is 0 Å². The van der Waals surface area contributed by atoms with Gasteiger partial charge in [0, 0.05) is 34.9 Å². The standard InChI is InChI=1S/C34H26F7N7O3/c1-32(2,51)8-7-20-4-5-21(17-3-6-25-44-45-31(50)47(25)14-17)28(42-20)24(11-16-9-18(35)12-19(36)10-16)43-26(49)15-48-30-27(29(46-48)34(39,40)41)22-13-23(22)33(30,37)38/h3-6,9-10,12,14,22-24,51H,11,13,15H2,1-2H3,(H,43,49)(H,45,50)/t22-,23+,24-/m0/s1. The lowest BCUT2D eigenvalue weighted by Crippen LogP contribution is -2.35. The normalized spacial score (nSPS) is 18.2. The fourth-order valence-corrected chi connectivity index (χ4v) is 6.49. The largest absolute Gasteiger partial charge is 0.435 e. The molecule has 2 aliphatic rings. The summed E-state index contributed by atoms with van der Waals surface area (Å²) in [6.45, 7) is 1.81. The van der Waals surface area contributed by atoms with Gasteiger partial charge < -0.3 is 10.4 Å². The fraction of sp³-hybridized carbons (Fsp3) is 0.324. The minimum Gasteiger partial charge on any atom is -0.378 e. The van der Waals surface area contributed by atoms with Crippen molar-refractivity contribution in [2.45, 2.75) is 62.9 Å². The van der Waals surface area contributed by atoms with Gasteiger partial charge in [-0.15, -0.1) is 0 Å². The molecule has 1 amide bonds. The van der Waals surface area contributed by atoms with Crippen molar-refractivity contribution >= 4 is 11.6 Å². The molecule has 0 aliphatic heterocycles. The molecule has 2 aliphatic carbocycles. The Labute approximate surface area is 283 Å². The van der Waals surface area contributed by atoms with Gasteiger partial charge in [-0.05, 0) is 80.5 Å². The molecule has 10 nitrogen and oxygen atoms in total. The highest BCUT2D eigenvalue weighted by molar-refractivity contribution is 5.77. The molecule has 7 rings (SSSR count). The zero-order chi connectivity index (χ0) is 36.6. The minimum absolute atomic E-state index is 0.0275. The number of rotatable bonds is 7. The number of nitrogens with zero attached hydrogens (tertiary/aromatic N) is 5. The van der Waals surface area contributed by atoms with E-state index < -0.39 is 82.3 Å². The third-order valence-corrected chi connectivity index (χ3v) is 8.67. The summed E-state index contributed by atoms with van der Waals surface area (Å²) in [5.41, 5.74) is -4.03. The molecule has 3 N–H and O–H groups in total. The van der Waals surface area contributed by atoms with Crippen LogP contribution in [0.5, 0.6) is 0 Å². The van der Waals surface area contributed by atoms with E-state index >= 15 is 8.78 Å². The first-order valence-corrected chi connectivity index (χ1v) is 15.5. The average Bonchev–Trinajstić information content (AvgIpc) is 3.54. The molecule has 1 aromatic carbocycles. The SMILES string of the molecule is CC(C)(O)C#Cc1ccc(-c2ccc3n[nH]c(=O)n3c2)c([C@H](Cc2cc(F)cc(F)c2)NC(=O)Cn2nc(C(F)(F)F)c3c2C(F)(F)[C@@H]2C[C@H]32)n1. The van der Waals surface area contributed by atoms with Crippen molar-refractivity contribution in [1.82, 2.24) is 34.7 Å². The molecule has 4 heterocycles. The minimum atomic E-state index is -5.05. The molecular weight excluding hydrogens is 687 g/mol. The Morgan fingerprint density at radius 3 is 2.55 bits per heavy atom. The topological polar surface area (TPSA) is 130 Å². The smallest absolute Gasteiger partial charge is 0.378 e. The summed E-state index contributed by atoms with van der Waals surface area (Å²) in [6.07, 6.45) is -4.11. The van der Waals surface area contributed by atoms with E-state index in [0.717, 1.165) is 12.1 Å². The van der Waals surface area contributed by atoms with Gasteiger partial charge in [-0.25, -0.2) is 28.1 Å². The molecule has 264 valence electrons. The van der Waals surface area contributed by atoms with Gasteiger partial charge in [-0.1, -0.05) is 5.92 Å². The average molecular weight is 714 g/mol. The number of nitrogens with one attached hydrogen (secondary N) is 2. The summed E-state index contributed by atoms with van der Waals surface area (Å²) in [5, 5.41) is 22.4. The van der Waals surface area contributed by atoms with Gasteiger partial charge >= 0.3 is 11.9 Å². The number of alkyl halides is 5. The number of aromatic amines is 1. The summed E-state index contributed by atoms with van der Waals surface area (Å²) in [4.78, 5) is 30.6. The zero-order valence-electron chi connectivity index (χ0n) is 26.6. The predicted molar refractivity (Wildman–Crippen MR) is 165 cm³/mol. The van der Waals surface area contributed by atoms with E-state index in [-0.39, 0.29) is 41.0 Å². The van der Waals surface area contributed by atoms with Crippen LogP contribution < -0.4 is 11.0 Å². The molecule has 5 aromatic rings. The molecule has 3 atom stereocenters. The molecule has 4 aromatic heterocycles. The maximum atomic E-state index is 15.2. The number of aromatic nitrogens is 6. The summed E-state index contributed by atoms with van der Waals surface area (Å²) < 4.78 is 102. The summed E-state index contributed by atoms with van der Waals surface area (Å²) in [5.74, 6) is -3.62. The van der Waals surface area contributed by atoms with Gasteiger partial charge in [-0.2, -0.15) is 32.1 Å². The molecule has 0 saturated heterocycles. The first-order chi connectivity index (χ1) is 23.9. The van der Waals surface area contributed by atoms with Crippen LogP contribution in [0.25, 0.3) is 16.8 Å². The Hall–Kier alpha value is -5.50. The molecule has 0 spiro atoms. The van der Waals surface area contributed by atoms with Crippen LogP contribution in [0.4, 0.5) is 30.7 Å². The summed E-state index contributed by atoms with van der Waals surface area (Å²) >= 11 is 0. The molecule has 17 heteroatoms. The lowest BCUT2D eigenvalue weighted by atomic mass is 9.95. The van der Waals surface area contributed by atoms with Crippen molar-refractivity contribution < 1.29 is 40.6 Å². The third kappa shape index (κ3) is 6.47. The number of amides is 1. The van der Waals surface area contributed by atoms with Gasteiger partial charge in [0.2, 0.25) is 5.91 Å². The van der Waals surface area contributed by atoms with Crippen LogP contribution in [0, 0.1) is 29.4 Å². The Kier molecular flexibility index (Phi) is 7.86. The lowest BCUT2D eigenvalue weighted by Gasteiger charge is -2.23. The summed E-state index contributed by atoms with van der Waals surface area (Å²) in [7, 11) is 0. The number of hydrogen-bond acceptors (Lipinski definition) is 6. The number of aliphatic hydroxyl groups is 1. The number of H-pyrrole nitrogens is 1. The second kappa shape index (κ2) is 11.8. The molecule has 0 bridgehead atoms. The number of pyridine rings is 2. The van der Waals surface area contributed by atoms with Gasteiger partial charge in [-0.3, -0.25) is 9.48 Å². The van der Waals surface area contributed by atoms with Crippen LogP contribution >= 0.6 is 0 Å². The maximum Gasteiger partial charge on any atom is 0.435 e. The van der Waals surface area contributed by atoms with E-state index in [2.05, 4.69) is 37.4 Å². The lowest BCUT2D eigenvalue weighted by molar-refractivity contribution is -0.142. The maximum absolute atomic E-state index is 15.2. The van der Waals surface area contributed by atoms with Crippen molar-refractivity contribution in [3.63, 3.8) is 0 Å². The van der Waals surface area contributed by atoms with Crippen LogP contribution in [-0.4, -0.2) is 46.0 Å². The Bertz CT molecular complexity index is 2320. The first-order valence-electron chi connectivity index (χ1n) is 15.5. The van der Waals surface area contributed by atoms with Crippen molar-refractivity contribution in [3.05, 3.63) is 105 Å².